The zero-order chi connectivity index (χ0) is 17.0. The number of ether oxygens (including phenoxy) is 1. The molecule has 0 bridgehead atoms. The molecule has 0 heterocycles. The minimum absolute atomic E-state index is 0.0364. The molecule has 0 aliphatic carbocycles. The Bertz CT molecular complexity index is 371. The molecular weight excluding hydrogens is 276 g/mol. The molecule has 0 aromatic heterocycles. The Morgan fingerprint density at radius 1 is 1.23 bits per heavy atom. The summed E-state index contributed by atoms with van der Waals surface area (Å²) < 4.78 is 5.17. The van der Waals surface area contributed by atoms with Crippen molar-refractivity contribution < 1.29 is 14.6 Å². The summed E-state index contributed by atoms with van der Waals surface area (Å²) in [7, 11) is 1.56. The molecule has 0 aromatic carbocycles. The van der Waals surface area contributed by atoms with Gasteiger partial charge in [0, 0.05) is 25.9 Å². The number of allylic oxidation sites excluding steroid dienone is 2. The standard InChI is InChI=1S/C19H32O3/c1-6-8-9-10-11-17(20)13-12-15(3)14-16(4)19(21)18(7-2)22-5/h6-7,14,16,18-19,21H,1-2,8-13H2,3-5H3/b15-14-/t16?,18?,19-/m0/s1. The number of unbranched alkanes of at least 4 members (excludes halogenated alkanes) is 2. The molecule has 2 unspecified atom stereocenters. The van der Waals surface area contributed by atoms with Crippen molar-refractivity contribution in [1.29, 1.82) is 0 Å². The summed E-state index contributed by atoms with van der Waals surface area (Å²) in [4.78, 5) is 11.8. The first kappa shape index (κ1) is 20.8. The number of carbonyl (C=O) groups is 1. The molecule has 0 radical (unpaired) electrons. The van der Waals surface area contributed by atoms with Crippen molar-refractivity contribution in [3.63, 3.8) is 0 Å². The molecule has 0 aliphatic rings. The Morgan fingerprint density at radius 2 is 1.91 bits per heavy atom. The van der Waals surface area contributed by atoms with Crippen LogP contribution in [0, 0.1) is 5.92 Å². The number of hydrogen-bond donors (Lipinski definition) is 1. The van der Waals surface area contributed by atoms with E-state index in [-0.39, 0.29) is 12.0 Å². The van der Waals surface area contributed by atoms with Crippen LogP contribution in [0.25, 0.3) is 0 Å². The monoisotopic (exact) mass is 308 g/mol. The molecule has 0 fully saturated rings. The number of methoxy groups -OCH3 is 1. The summed E-state index contributed by atoms with van der Waals surface area (Å²) in [5.41, 5.74) is 1.13. The van der Waals surface area contributed by atoms with E-state index < -0.39 is 6.10 Å². The number of Topliss-reactive ketones (excluding diaryl/α,β-unsaturated/α-hetero) is 1. The van der Waals surface area contributed by atoms with Gasteiger partial charge in [0.15, 0.2) is 0 Å². The Labute approximate surface area is 135 Å². The fourth-order valence-electron chi connectivity index (χ4n) is 2.38. The van der Waals surface area contributed by atoms with Gasteiger partial charge in [0.2, 0.25) is 0 Å². The van der Waals surface area contributed by atoms with E-state index in [1.165, 1.54) is 0 Å². The second-order valence-electron chi connectivity index (χ2n) is 5.87. The van der Waals surface area contributed by atoms with Crippen LogP contribution in [0.5, 0.6) is 0 Å². The third-order valence-corrected chi connectivity index (χ3v) is 3.84. The molecule has 0 aromatic rings. The summed E-state index contributed by atoms with van der Waals surface area (Å²) in [6, 6.07) is 0. The highest BCUT2D eigenvalue weighted by molar-refractivity contribution is 5.78. The fourth-order valence-corrected chi connectivity index (χ4v) is 2.38. The molecule has 1 N–H and O–H groups in total. The van der Waals surface area contributed by atoms with Gasteiger partial charge in [0.25, 0.3) is 0 Å². The van der Waals surface area contributed by atoms with Crippen molar-refractivity contribution in [2.75, 3.05) is 7.11 Å². The summed E-state index contributed by atoms with van der Waals surface area (Å²) in [6.07, 6.45) is 9.47. The summed E-state index contributed by atoms with van der Waals surface area (Å²) in [5, 5.41) is 10.2. The van der Waals surface area contributed by atoms with Crippen LogP contribution in [-0.4, -0.2) is 30.2 Å². The Hall–Kier alpha value is -1.19. The van der Waals surface area contributed by atoms with Crippen molar-refractivity contribution >= 4 is 5.78 Å². The van der Waals surface area contributed by atoms with Crippen LogP contribution in [0.1, 0.15) is 52.4 Å². The van der Waals surface area contributed by atoms with Crippen LogP contribution in [0.15, 0.2) is 37.0 Å². The number of aliphatic hydroxyl groups excluding tert-OH is 1. The van der Waals surface area contributed by atoms with E-state index >= 15 is 0 Å². The second kappa shape index (κ2) is 12.4. The largest absolute Gasteiger partial charge is 0.389 e. The van der Waals surface area contributed by atoms with E-state index in [0.717, 1.165) is 31.3 Å². The van der Waals surface area contributed by atoms with Crippen LogP contribution in [0.2, 0.25) is 0 Å². The lowest BCUT2D eigenvalue weighted by Crippen LogP contribution is -2.31. The number of ketones is 1. The van der Waals surface area contributed by atoms with Gasteiger partial charge in [-0.15, -0.1) is 13.2 Å². The number of carbonyl (C=O) groups excluding carboxylic acids is 1. The van der Waals surface area contributed by atoms with Crippen LogP contribution >= 0.6 is 0 Å². The maximum atomic E-state index is 11.8. The number of rotatable bonds is 13. The third kappa shape index (κ3) is 8.96. The molecule has 0 spiro atoms. The highest BCUT2D eigenvalue weighted by Gasteiger charge is 2.20. The average Bonchev–Trinajstić information content (AvgIpc) is 2.50. The smallest absolute Gasteiger partial charge is 0.133 e. The summed E-state index contributed by atoms with van der Waals surface area (Å²) >= 11 is 0. The normalized spacial score (nSPS) is 15.9. The summed E-state index contributed by atoms with van der Waals surface area (Å²) in [6.45, 7) is 11.3. The lowest BCUT2D eigenvalue weighted by Gasteiger charge is -2.22. The molecule has 3 atom stereocenters. The predicted octanol–water partition coefficient (Wildman–Crippen LogP) is 4.23. The highest BCUT2D eigenvalue weighted by Crippen LogP contribution is 2.17. The predicted molar refractivity (Wildman–Crippen MR) is 92.8 cm³/mol. The van der Waals surface area contributed by atoms with Gasteiger partial charge in [-0.2, -0.15) is 0 Å². The second-order valence-corrected chi connectivity index (χ2v) is 5.87. The maximum absolute atomic E-state index is 11.8. The molecule has 3 heteroatoms. The van der Waals surface area contributed by atoms with Crippen molar-refractivity contribution in [2.24, 2.45) is 5.92 Å². The molecule has 0 saturated carbocycles. The van der Waals surface area contributed by atoms with Gasteiger partial charge in [-0.3, -0.25) is 4.79 Å². The quantitative estimate of drug-likeness (QED) is 0.409. The van der Waals surface area contributed by atoms with Gasteiger partial charge in [0.05, 0.1) is 6.10 Å². The van der Waals surface area contributed by atoms with Crippen molar-refractivity contribution in [3.05, 3.63) is 37.0 Å². The molecule has 126 valence electrons. The fraction of sp³-hybridized carbons (Fsp3) is 0.632. The van der Waals surface area contributed by atoms with Gasteiger partial charge in [0.1, 0.15) is 11.9 Å². The Balaban J connectivity index is 4.18. The lowest BCUT2D eigenvalue weighted by atomic mass is 9.95. The molecule has 0 aliphatic heterocycles. The number of hydrogen-bond acceptors (Lipinski definition) is 3. The molecule has 0 amide bonds. The van der Waals surface area contributed by atoms with Crippen LogP contribution < -0.4 is 0 Å². The molecule has 0 saturated heterocycles. The SMILES string of the molecule is C=CCCCCC(=O)CC/C(C)=C\C(C)[C@H](O)C(C=C)OC. The van der Waals surface area contributed by atoms with Gasteiger partial charge < -0.3 is 9.84 Å². The zero-order valence-electron chi connectivity index (χ0n) is 14.4. The maximum Gasteiger partial charge on any atom is 0.133 e. The minimum Gasteiger partial charge on any atom is -0.389 e. The summed E-state index contributed by atoms with van der Waals surface area (Å²) in [5.74, 6) is 0.275. The van der Waals surface area contributed by atoms with E-state index in [9.17, 15) is 9.90 Å². The van der Waals surface area contributed by atoms with E-state index in [1.807, 2.05) is 26.0 Å². The van der Waals surface area contributed by atoms with Gasteiger partial charge in [-0.1, -0.05) is 30.7 Å². The zero-order valence-corrected chi connectivity index (χ0v) is 14.4. The Kier molecular flexibility index (Phi) is 11.7. The van der Waals surface area contributed by atoms with Crippen molar-refractivity contribution in [2.45, 2.75) is 64.6 Å². The first-order valence-corrected chi connectivity index (χ1v) is 8.09. The lowest BCUT2D eigenvalue weighted by molar-refractivity contribution is -0.119. The first-order valence-electron chi connectivity index (χ1n) is 8.09. The molecule has 0 rings (SSSR count). The van der Waals surface area contributed by atoms with Crippen LogP contribution in [0.3, 0.4) is 0 Å². The van der Waals surface area contributed by atoms with Gasteiger partial charge in [-0.05, 0) is 32.6 Å². The molecular formula is C19H32O3. The van der Waals surface area contributed by atoms with E-state index in [1.54, 1.807) is 13.2 Å². The average molecular weight is 308 g/mol. The molecule has 3 nitrogen and oxygen atoms in total. The van der Waals surface area contributed by atoms with E-state index in [2.05, 4.69) is 13.2 Å². The Morgan fingerprint density at radius 3 is 2.45 bits per heavy atom. The van der Waals surface area contributed by atoms with E-state index in [0.29, 0.717) is 18.6 Å². The van der Waals surface area contributed by atoms with Crippen molar-refractivity contribution in [1.82, 2.24) is 0 Å². The molecule has 22 heavy (non-hydrogen) atoms. The topological polar surface area (TPSA) is 46.5 Å². The van der Waals surface area contributed by atoms with Crippen LogP contribution in [-0.2, 0) is 9.53 Å². The van der Waals surface area contributed by atoms with Crippen LogP contribution in [0.4, 0.5) is 0 Å². The van der Waals surface area contributed by atoms with Gasteiger partial charge in [-0.25, -0.2) is 0 Å². The number of aliphatic hydroxyl groups is 1. The van der Waals surface area contributed by atoms with E-state index in [4.69, 9.17) is 4.74 Å². The first-order chi connectivity index (χ1) is 10.5. The third-order valence-electron chi connectivity index (χ3n) is 3.84. The minimum atomic E-state index is -0.618. The van der Waals surface area contributed by atoms with Gasteiger partial charge >= 0.3 is 0 Å². The highest BCUT2D eigenvalue weighted by atomic mass is 16.5. The van der Waals surface area contributed by atoms with Crippen molar-refractivity contribution in [3.8, 4) is 0 Å².